The van der Waals surface area contributed by atoms with Crippen LogP contribution in [0.25, 0.3) is 0 Å². The summed E-state index contributed by atoms with van der Waals surface area (Å²) in [6.45, 7) is 1.58. The summed E-state index contributed by atoms with van der Waals surface area (Å²) in [6.07, 6.45) is 14.3. The monoisotopic (exact) mass is 467 g/mol. The van der Waals surface area contributed by atoms with Crippen LogP contribution >= 0.6 is 0 Å². The van der Waals surface area contributed by atoms with Gasteiger partial charge in [-0.15, -0.1) is 0 Å². The number of benzene rings is 1. The Hall–Kier alpha value is -2.08. The highest BCUT2D eigenvalue weighted by molar-refractivity contribution is 5.96. The largest absolute Gasteiger partial charge is 0.480 e. The average molecular weight is 468 g/mol. The zero-order valence-electron chi connectivity index (χ0n) is 20.9. The summed E-state index contributed by atoms with van der Waals surface area (Å²) in [5.74, 6) is 1.05. The minimum atomic E-state index is -0.869. The van der Waals surface area contributed by atoms with Gasteiger partial charge in [0.05, 0.1) is 11.4 Å². The molecule has 2 saturated heterocycles. The van der Waals surface area contributed by atoms with E-state index in [1.54, 1.807) is 18.9 Å². The van der Waals surface area contributed by atoms with Gasteiger partial charge in [-0.05, 0) is 68.9 Å². The first-order valence-corrected chi connectivity index (χ1v) is 13.5. The number of hydrogen-bond donors (Lipinski definition) is 1. The molecule has 4 fully saturated rings. The van der Waals surface area contributed by atoms with Gasteiger partial charge in [0.15, 0.2) is 0 Å². The van der Waals surface area contributed by atoms with Gasteiger partial charge in [-0.3, -0.25) is 14.5 Å². The quantitative estimate of drug-likeness (QED) is 0.644. The van der Waals surface area contributed by atoms with Crippen molar-refractivity contribution in [2.24, 2.45) is 11.8 Å². The summed E-state index contributed by atoms with van der Waals surface area (Å²) in [7, 11) is 1.79. The molecule has 1 aromatic rings. The Bertz CT molecular complexity index is 879. The number of amides is 1. The van der Waals surface area contributed by atoms with E-state index in [2.05, 4.69) is 4.90 Å². The molecule has 186 valence electrons. The van der Waals surface area contributed by atoms with Gasteiger partial charge in [-0.2, -0.15) is 0 Å². The summed E-state index contributed by atoms with van der Waals surface area (Å²) in [4.78, 5) is 31.1. The summed E-state index contributed by atoms with van der Waals surface area (Å²) < 4.78 is 0. The first-order valence-electron chi connectivity index (χ1n) is 13.5. The zero-order valence-corrected chi connectivity index (χ0v) is 20.9. The number of para-hydroxylation sites is 2. The van der Waals surface area contributed by atoms with Crippen molar-refractivity contribution in [2.75, 3.05) is 23.4 Å². The van der Waals surface area contributed by atoms with Crippen LogP contribution in [0.1, 0.15) is 77.6 Å². The van der Waals surface area contributed by atoms with Crippen molar-refractivity contribution >= 4 is 23.3 Å². The third-order valence-corrected chi connectivity index (χ3v) is 9.16. The van der Waals surface area contributed by atoms with Crippen LogP contribution in [0.5, 0.6) is 0 Å². The van der Waals surface area contributed by atoms with Gasteiger partial charge in [0.25, 0.3) is 0 Å². The van der Waals surface area contributed by atoms with Crippen molar-refractivity contribution in [3.63, 3.8) is 0 Å². The Labute approximate surface area is 204 Å². The van der Waals surface area contributed by atoms with Crippen molar-refractivity contribution in [1.82, 2.24) is 4.90 Å². The average Bonchev–Trinajstić information content (AvgIpc) is 2.78. The van der Waals surface area contributed by atoms with Crippen LogP contribution in [0.4, 0.5) is 11.4 Å². The van der Waals surface area contributed by atoms with Gasteiger partial charge >= 0.3 is 5.97 Å². The Balaban J connectivity index is 1.38. The molecular formula is C28H41N3O3. The van der Waals surface area contributed by atoms with Gasteiger partial charge in [-0.25, -0.2) is 0 Å². The van der Waals surface area contributed by atoms with Crippen LogP contribution < -0.4 is 9.80 Å². The molecule has 1 amide bonds. The number of piperidine rings is 2. The van der Waals surface area contributed by atoms with E-state index in [1.807, 2.05) is 29.2 Å². The fourth-order valence-corrected chi connectivity index (χ4v) is 8.04. The number of carbonyl (C=O) groups is 2. The molecule has 0 radical (unpaired) electrons. The number of nitrogens with zero attached hydrogens (tertiary/aromatic N) is 3. The molecule has 5 rings (SSSR count). The van der Waals surface area contributed by atoms with Gasteiger partial charge in [0.1, 0.15) is 6.54 Å². The minimum absolute atomic E-state index is 0.0555. The third-order valence-electron chi connectivity index (χ3n) is 9.16. The maximum atomic E-state index is 13.1. The fourth-order valence-electron chi connectivity index (χ4n) is 8.04. The first-order chi connectivity index (χ1) is 16.4. The molecule has 2 unspecified atom stereocenters. The number of anilines is 2. The van der Waals surface area contributed by atoms with Crippen LogP contribution in [0.2, 0.25) is 0 Å². The first kappa shape index (κ1) is 23.7. The van der Waals surface area contributed by atoms with Crippen molar-refractivity contribution in [2.45, 2.75) is 102 Å². The molecule has 2 heterocycles. The fraction of sp³-hybridized carbons (Fsp3) is 0.714. The molecule has 4 aliphatic rings. The summed E-state index contributed by atoms with van der Waals surface area (Å²) >= 11 is 0. The molecule has 2 aliphatic carbocycles. The van der Waals surface area contributed by atoms with E-state index in [9.17, 15) is 14.7 Å². The highest BCUT2D eigenvalue weighted by atomic mass is 16.4. The van der Waals surface area contributed by atoms with Crippen LogP contribution in [0.15, 0.2) is 24.3 Å². The molecule has 6 nitrogen and oxygen atoms in total. The topological polar surface area (TPSA) is 64.1 Å². The lowest BCUT2D eigenvalue weighted by atomic mass is 9.68. The second-order valence-corrected chi connectivity index (χ2v) is 11.5. The predicted octanol–water partition coefficient (Wildman–Crippen LogP) is 4.91. The number of fused-ring (bicyclic) bond motifs is 4. The van der Waals surface area contributed by atoms with E-state index >= 15 is 0 Å². The molecule has 0 aromatic heterocycles. The lowest BCUT2D eigenvalue weighted by Crippen LogP contribution is -2.61. The summed E-state index contributed by atoms with van der Waals surface area (Å²) in [5, 5.41) is 9.33. The van der Waals surface area contributed by atoms with Gasteiger partial charge in [0, 0.05) is 38.1 Å². The van der Waals surface area contributed by atoms with E-state index in [0.717, 1.165) is 42.1 Å². The van der Waals surface area contributed by atoms with Crippen molar-refractivity contribution in [3.05, 3.63) is 24.3 Å². The maximum Gasteiger partial charge on any atom is 0.323 e. The van der Waals surface area contributed by atoms with Crippen LogP contribution in [-0.4, -0.2) is 59.6 Å². The highest BCUT2D eigenvalue weighted by Gasteiger charge is 2.46. The summed E-state index contributed by atoms with van der Waals surface area (Å²) in [6, 6.07) is 9.84. The van der Waals surface area contributed by atoms with E-state index in [-0.39, 0.29) is 18.5 Å². The number of likely N-dealkylation sites (N-methyl/N-ethyl adjacent to an activating group) is 1. The molecule has 2 aliphatic heterocycles. The molecule has 2 saturated carbocycles. The molecular weight excluding hydrogens is 426 g/mol. The number of hydrogen-bond acceptors (Lipinski definition) is 4. The minimum Gasteiger partial charge on any atom is -0.480 e. The number of rotatable bonds is 6. The Morgan fingerprint density at radius 3 is 2.06 bits per heavy atom. The van der Waals surface area contributed by atoms with Crippen molar-refractivity contribution < 1.29 is 14.7 Å². The standard InChI is InChI=1S/C28H41N3O3/c1-19(32)30(27-12-4-3-11-26(27)29(2)18-28(33)34)25-16-22-9-6-10-23(17-25)31(22)24-14-20-7-5-8-21(13-20)15-24/h3-4,11-12,20-25H,5-10,13-18H2,1-2H3,(H,33,34)/t20-,21+,22-,23+,24?,25?. The highest BCUT2D eigenvalue weighted by Crippen LogP contribution is 2.47. The molecule has 1 N–H and O–H groups in total. The smallest absolute Gasteiger partial charge is 0.323 e. The number of aliphatic carboxylic acids is 1. The molecule has 0 spiro atoms. The second-order valence-electron chi connectivity index (χ2n) is 11.5. The molecule has 6 heteroatoms. The Kier molecular flexibility index (Phi) is 6.88. The van der Waals surface area contributed by atoms with Gasteiger partial charge < -0.3 is 14.9 Å². The Morgan fingerprint density at radius 2 is 1.47 bits per heavy atom. The molecule has 6 atom stereocenters. The molecule has 4 bridgehead atoms. The van der Waals surface area contributed by atoms with E-state index in [4.69, 9.17) is 0 Å². The van der Waals surface area contributed by atoms with Gasteiger partial charge in [0.2, 0.25) is 5.91 Å². The molecule has 1 aromatic carbocycles. The van der Waals surface area contributed by atoms with Gasteiger partial charge in [-0.1, -0.05) is 37.8 Å². The predicted molar refractivity (Wildman–Crippen MR) is 135 cm³/mol. The summed E-state index contributed by atoms with van der Waals surface area (Å²) in [5.41, 5.74) is 1.66. The maximum absolute atomic E-state index is 13.1. The lowest BCUT2D eigenvalue weighted by Gasteiger charge is -2.56. The van der Waals surface area contributed by atoms with E-state index in [1.165, 1.54) is 57.8 Å². The normalized spacial score (nSPS) is 33.2. The van der Waals surface area contributed by atoms with Crippen molar-refractivity contribution in [1.29, 1.82) is 0 Å². The van der Waals surface area contributed by atoms with Crippen molar-refractivity contribution in [3.8, 4) is 0 Å². The number of carbonyl (C=O) groups excluding carboxylic acids is 1. The Morgan fingerprint density at radius 1 is 0.882 bits per heavy atom. The van der Waals surface area contributed by atoms with Crippen LogP contribution in [0, 0.1) is 11.8 Å². The van der Waals surface area contributed by atoms with E-state index < -0.39 is 5.97 Å². The van der Waals surface area contributed by atoms with Crippen LogP contribution in [-0.2, 0) is 9.59 Å². The van der Waals surface area contributed by atoms with E-state index in [0.29, 0.717) is 12.1 Å². The third kappa shape index (κ3) is 4.71. The second kappa shape index (κ2) is 9.88. The lowest BCUT2D eigenvalue weighted by molar-refractivity contribution is -0.135. The van der Waals surface area contributed by atoms with Crippen LogP contribution in [0.3, 0.4) is 0 Å². The number of carboxylic acid groups (broad SMARTS) is 1. The zero-order chi connectivity index (χ0) is 23.8. The SMILES string of the molecule is CC(=O)N(c1ccccc1N(C)CC(=O)O)C1C[C@H]2CCC[C@@H](C1)N2C1C[C@H]2CCC[C@@H](C1)C2. The number of carboxylic acids is 1. The molecule has 34 heavy (non-hydrogen) atoms.